The lowest BCUT2D eigenvalue weighted by atomic mass is 10.1. The Balaban J connectivity index is 2.27. The first-order chi connectivity index (χ1) is 7.35. The molecule has 2 rings (SSSR count). The maximum Gasteiger partial charge on any atom is 0.161 e. The molecule has 4 nitrogen and oxygen atoms in total. The molecule has 1 aromatic carbocycles. The second kappa shape index (κ2) is 4.51. The van der Waals surface area contributed by atoms with Gasteiger partial charge in [-0.1, -0.05) is 6.07 Å². The molecule has 0 radical (unpaired) electrons. The molecule has 0 amide bonds. The van der Waals surface area contributed by atoms with Gasteiger partial charge in [-0.05, 0) is 17.7 Å². The van der Waals surface area contributed by atoms with Crippen LogP contribution in [-0.2, 0) is 4.74 Å². The van der Waals surface area contributed by atoms with E-state index < -0.39 is 0 Å². The standard InChI is InChI=1S/C11H15NO3/c1-13-11(7-12)8-2-3-9-10(6-8)15-5-4-14-9/h2-3,6,11H,4-5,7,12H2,1H3/t11-/m1/s1. The first kappa shape index (κ1) is 10.3. The van der Waals surface area contributed by atoms with Crippen molar-refractivity contribution in [3.63, 3.8) is 0 Å². The Morgan fingerprint density at radius 1 is 1.33 bits per heavy atom. The van der Waals surface area contributed by atoms with Crippen LogP contribution in [-0.4, -0.2) is 26.9 Å². The lowest BCUT2D eigenvalue weighted by Gasteiger charge is -2.20. The van der Waals surface area contributed by atoms with E-state index >= 15 is 0 Å². The van der Waals surface area contributed by atoms with Gasteiger partial charge in [0.1, 0.15) is 13.2 Å². The fraction of sp³-hybridized carbons (Fsp3) is 0.455. The molecule has 1 aromatic rings. The Morgan fingerprint density at radius 2 is 2.07 bits per heavy atom. The summed E-state index contributed by atoms with van der Waals surface area (Å²) >= 11 is 0. The van der Waals surface area contributed by atoms with Gasteiger partial charge in [0.2, 0.25) is 0 Å². The largest absolute Gasteiger partial charge is 0.486 e. The minimum atomic E-state index is -0.0826. The molecule has 4 heteroatoms. The van der Waals surface area contributed by atoms with Gasteiger partial charge >= 0.3 is 0 Å². The number of benzene rings is 1. The quantitative estimate of drug-likeness (QED) is 0.810. The smallest absolute Gasteiger partial charge is 0.161 e. The number of hydrogen-bond donors (Lipinski definition) is 1. The monoisotopic (exact) mass is 209 g/mol. The minimum absolute atomic E-state index is 0.0826. The summed E-state index contributed by atoms with van der Waals surface area (Å²) in [5.41, 5.74) is 6.61. The fourth-order valence-electron chi connectivity index (χ4n) is 1.63. The highest BCUT2D eigenvalue weighted by Crippen LogP contribution is 2.32. The van der Waals surface area contributed by atoms with Crippen LogP contribution in [0.1, 0.15) is 11.7 Å². The lowest BCUT2D eigenvalue weighted by Crippen LogP contribution is -2.17. The third-order valence-electron chi connectivity index (χ3n) is 2.44. The van der Waals surface area contributed by atoms with Crippen LogP contribution in [0.15, 0.2) is 18.2 Å². The van der Waals surface area contributed by atoms with E-state index in [2.05, 4.69) is 0 Å². The number of nitrogens with two attached hydrogens (primary N) is 1. The van der Waals surface area contributed by atoms with Crippen LogP contribution in [0.5, 0.6) is 11.5 Å². The molecule has 1 atom stereocenters. The second-order valence-electron chi connectivity index (χ2n) is 3.36. The number of fused-ring (bicyclic) bond motifs is 1. The van der Waals surface area contributed by atoms with Crippen molar-refractivity contribution in [1.82, 2.24) is 0 Å². The SMILES string of the molecule is CO[C@H](CN)c1ccc2c(c1)OCCO2. The summed E-state index contributed by atoms with van der Waals surface area (Å²) in [6.45, 7) is 1.66. The molecule has 1 aliphatic rings. The van der Waals surface area contributed by atoms with Gasteiger partial charge in [0.25, 0.3) is 0 Å². The molecule has 1 heterocycles. The molecule has 0 fully saturated rings. The normalized spacial score (nSPS) is 16.1. The highest BCUT2D eigenvalue weighted by molar-refractivity contribution is 5.44. The van der Waals surface area contributed by atoms with Gasteiger partial charge in [0.05, 0.1) is 6.10 Å². The van der Waals surface area contributed by atoms with Crippen LogP contribution in [0, 0.1) is 0 Å². The predicted octanol–water partition coefficient (Wildman–Crippen LogP) is 1.10. The van der Waals surface area contributed by atoms with Crippen LogP contribution >= 0.6 is 0 Å². The molecule has 0 spiro atoms. The van der Waals surface area contributed by atoms with Gasteiger partial charge in [-0.25, -0.2) is 0 Å². The molecule has 0 bridgehead atoms. The summed E-state index contributed by atoms with van der Waals surface area (Å²) in [6.07, 6.45) is -0.0826. The van der Waals surface area contributed by atoms with Crippen LogP contribution in [0.4, 0.5) is 0 Å². The van der Waals surface area contributed by atoms with Crippen molar-refractivity contribution in [3.8, 4) is 11.5 Å². The van der Waals surface area contributed by atoms with E-state index in [9.17, 15) is 0 Å². The highest BCUT2D eigenvalue weighted by atomic mass is 16.6. The molecule has 0 aliphatic carbocycles. The molecule has 82 valence electrons. The summed E-state index contributed by atoms with van der Waals surface area (Å²) in [7, 11) is 1.65. The van der Waals surface area contributed by atoms with Gasteiger partial charge in [-0.15, -0.1) is 0 Å². The van der Waals surface area contributed by atoms with Crippen molar-refractivity contribution >= 4 is 0 Å². The molecule has 1 aliphatic heterocycles. The first-order valence-electron chi connectivity index (χ1n) is 4.97. The van der Waals surface area contributed by atoms with Gasteiger partial charge in [-0.2, -0.15) is 0 Å². The molecule has 0 aromatic heterocycles. The first-order valence-corrected chi connectivity index (χ1v) is 4.97. The second-order valence-corrected chi connectivity index (χ2v) is 3.36. The van der Waals surface area contributed by atoms with Crippen molar-refractivity contribution in [2.75, 3.05) is 26.9 Å². The van der Waals surface area contributed by atoms with E-state index in [0.29, 0.717) is 19.8 Å². The Bertz CT molecular complexity index is 337. The maximum atomic E-state index is 5.59. The van der Waals surface area contributed by atoms with E-state index in [1.807, 2.05) is 18.2 Å². The molecular weight excluding hydrogens is 194 g/mol. The number of rotatable bonds is 3. The zero-order valence-electron chi connectivity index (χ0n) is 8.73. The molecule has 0 unspecified atom stereocenters. The van der Waals surface area contributed by atoms with Crippen LogP contribution in [0.25, 0.3) is 0 Å². The summed E-state index contributed by atoms with van der Waals surface area (Å²) in [6, 6.07) is 5.77. The van der Waals surface area contributed by atoms with Crippen molar-refractivity contribution in [1.29, 1.82) is 0 Å². The van der Waals surface area contributed by atoms with E-state index in [-0.39, 0.29) is 6.10 Å². The van der Waals surface area contributed by atoms with E-state index in [1.54, 1.807) is 7.11 Å². The third kappa shape index (κ3) is 2.06. The average Bonchev–Trinajstić information content (AvgIpc) is 2.30. The van der Waals surface area contributed by atoms with Gasteiger partial charge in [-0.3, -0.25) is 0 Å². The molecule has 0 saturated heterocycles. The predicted molar refractivity (Wildman–Crippen MR) is 56.2 cm³/mol. The molecule has 15 heavy (non-hydrogen) atoms. The lowest BCUT2D eigenvalue weighted by molar-refractivity contribution is 0.109. The van der Waals surface area contributed by atoms with E-state index in [1.165, 1.54) is 0 Å². The van der Waals surface area contributed by atoms with Crippen LogP contribution in [0.2, 0.25) is 0 Å². The number of methoxy groups -OCH3 is 1. The Morgan fingerprint density at radius 3 is 2.73 bits per heavy atom. The Labute approximate surface area is 88.9 Å². The van der Waals surface area contributed by atoms with E-state index in [4.69, 9.17) is 19.9 Å². The number of hydrogen-bond acceptors (Lipinski definition) is 4. The molecule has 0 saturated carbocycles. The van der Waals surface area contributed by atoms with Gasteiger partial charge in [0.15, 0.2) is 11.5 Å². The Hall–Kier alpha value is -1.26. The molecular formula is C11H15NO3. The fourth-order valence-corrected chi connectivity index (χ4v) is 1.63. The van der Waals surface area contributed by atoms with Crippen LogP contribution < -0.4 is 15.2 Å². The summed E-state index contributed by atoms with van der Waals surface area (Å²) < 4.78 is 16.2. The summed E-state index contributed by atoms with van der Waals surface area (Å²) in [5.74, 6) is 1.56. The van der Waals surface area contributed by atoms with Crippen molar-refractivity contribution < 1.29 is 14.2 Å². The zero-order chi connectivity index (χ0) is 10.7. The summed E-state index contributed by atoms with van der Waals surface area (Å²) in [5, 5.41) is 0. The van der Waals surface area contributed by atoms with Gasteiger partial charge < -0.3 is 19.9 Å². The van der Waals surface area contributed by atoms with E-state index in [0.717, 1.165) is 17.1 Å². The zero-order valence-corrected chi connectivity index (χ0v) is 8.73. The number of ether oxygens (including phenoxy) is 3. The summed E-state index contributed by atoms with van der Waals surface area (Å²) in [4.78, 5) is 0. The van der Waals surface area contributed by atoms with Crippen molar-refractivity contribution in [2.24, 2.45) is 5.73 Å². The van der Waals surface area contributed by atoms with Crippen molar-refractivity contribution in [2.45, 2.75) is 6.10 Å². The third-order valence-corrected chi connectivity index (χ3v) is 2.44. The Kier molecular flexibility index (Phi) is 3.08. The highest BCUT2D eigenvalue weighted by Gasteiger charge is 2.15. The average molecular weight is 209 g/mol. The van der Waals surface area contributed by atoms with Crippen molar-refractivity contribution in [3.05, 3.63) is 23.8 Å². The van der Waals surface area contributed by atoms with Gasteiger partial charge in [0, 0.05) is 13.7 Å². The topological polar surface area (TPSA) is 53.7 Å². The minimum Gasteiger partial charge on any atom is -0.486 e. The molecule has 2 N–H and O–H groups in total. The van der Waals surface area contributed by atoms with Crippen LogP contribution in [0.3, 0.4) is 0 Å². The maximum absolute atomic E-state index is 5.59.